The van der Waals surface area contributed by atoms with Gasteiger partial charge in [0.15, 0.2) is 5.13 Å². The number of hydrogen-bond acceptors (Lipinski definition) is 4. The average Bonchev–Trinajstić information content (AvgIpc) is 2.98. The molecule has 3 rings (SSSR count). The highest BCUT2D eigenvalue weighted by Crippen LogP contribution is 2.29. The van der Waals surface area contributed by atoms with Gasteiger partial charge < -0.3 is 10.1 Å². The Bertz CT molecular complexity index is 902. The maximum atomic E-state index is 12.1. The van der Waals surface area contributed by atoms with Gasteiger partial charge in [-0.2, -0.15) is 0 Å². The molecule has 0 aliphatic carbocycles. The number of thiazole rings is 1. The van der Waals surface area contributed by atoms with Crippen LogP contribution in [0.15, 0.2) is 36.4 Å². The molecule has 0 saturated heterocycles. The molecule has 0 unspecified atom stereocenters. The number of fused-ring (bicyclic) bond motifs is 1. The van der Waals surface area contributed by atoms with E-state index in [1.165, 1.54) is 22.5 Å². The molecule has 0 fully saturated rings. The second-order valence-electron chi connectivity index (χ2n) is 6.19. The maximum absolute atomic E-state index is 12.1. The van der Waals surface area contributed by atoms with Crippen molar-refractivity contribution in [3.05, 3.63) is 53.1 Å². The lowest BCUT2D eigenvalue weighted by Gasteiger charge is -2.06. The molecule has 0 bridgehead atoms. The molecular formula is C20H22N2O2S. The number of benzene rings is 2. The number of aromatic nitrogens is 1. The predicted octanol–water partition coefficient (Wildman–Crippen LogP) is 5.02. The SMILES string of the molecule is Cc1cccc(OCCCC(=O)Nc2nc3c(C)c(C)ccc3s2)c1. The molecule has 0 aliphatic rings. The first-order valence-electron chi connectivity index (χ1n) is 8.39. The van der Waals surface area contributed by atoms with Crippen LogP contribution in [0.25, 0.3) is 10.2 Å². The highest BCUT2D eigenvalue weighted by Gasteiger charge is 2.10. The number of nitrogens with zero attached hydrogens (tertiary/aromatic N) is 1. The molecular weight excluding hydrogens is 332 g/mol. The number of anilines is 1. The van der Waals surface area contributed by atoms with Crippen molar-refractivity contribution in [2.24, 2.45) is 0 Å². The molecule has 1 heterocycles. The van der Waals surface area contributed by atoms with Crippen molar-refractivity contribution in [2.75, 3.05) is 11.9 Å². The number of carbonyl (C=O) groups excluding carboxylic acids is 1. The van der Waals surface area contributed by atoms with Crippen LogP contribution in [-0.4, -0.2) is 17.5 Å². The van der Waals surface area contributed by atoms with Gasteiger partial charge in [0.1, 0.15) is 5.75 Å². The van der Waals surface area contributed by atoms with Crippen LogP contribution in [0.5, 0.6) is 5.75 Å². The van der Waals surface area contributed by atoms with Crippen LogP contribution in [0.4, 0.5) is 5.13 Å². The summed E-state index contributed by atoms with van der Waals surface area (Å²) in [5.74, 6) is 0.818. The molecule has 1 amide bonds. The first-order valence-corrected chi connectivity index (χ1v) is 9.20. The topological polar surface area (TPSA) is 51.2 Å². The normalized spacial score (nSPS) is 10.8. The van der Waals surface area contributed by atoms with Crippen LogP contribution in [0.2, 0.25) is 0 Å². The lowest BCUT2D eigenvalue weighted by Crippen LogP contribution is -2.12. The summed E-state index contributed by atoms with van der Waals surface area (Å²) in [6.07, 6.45) is 1.09. The van der Waals surface area contributed by atoms with Crippen LogP contribution in [0.1, 0.15) is 29.5 Å². The van der Waals surface area contributed by atoms with E-state index in [2.05, 4.69) is 36.3 Å². The highest BCUT2D eigenvalue weighted by atomic mass is 32.1. The number of aryl methyl sites for hydroxylation is 3. The van der Waals surface area contributed by atoms with Gasteiger partial charge in [-0.3, -0.25) is 4.79 Å². The molecule has 25 heavy (non-hydrogen) atoms. The van der Waals surface area contributed by atoms with E-state index in [1.54, 1.807) is 0 Å². The van der Waals surface area contributed by atoms with Gasteiger partial charge in [-0.1, -0.05) is 29.5 Å². The lowest BCUT2D eigenvalue weighted by atomic mass is 10.1. The third-order valence-corrected chi connectivity index (χ3v) is 5.07. The Kier molecular flexibility index (Phi) is 5.34. The summed E-state index contributed by atoms with van der Waals surface area (Å²) in [6, 6.07) is 12.1. The van der Waals surface area contributed by atoms with Crippen LogP contribution in [-0.2, 0) is 4.79 Å². The third-order valence-electron chi connectivity index (χ3n) is 4.14. The van der Waals surface area contributed by atoms with Crippen molar-refractivity contribution in [1.29, 1.82) is 0 Å². The van der Waals surface area contributed by atoms with E-state index < -0.39 is 0 Å². The standard InChI is InChI=1S/C20H22N2O2S/c1-13-6-4-7-16(12-13)24-11-5-8-18(23)21-20-22-19-15(3)14(2)9-10-17(19)25-20/h4,6-7,9-10,12H,5,8,11H2,1-3H3,(H,21,22,23). The number of nitrogens with one attached hydrogen (secondary N) is 1. The van der Waals surface area contributed by atoms with Crippen LogP contribution < -0.4 is 10.1 Å². The van der Waals surface area contributed by atoms with E-state index in [9.17, 15) is 4.79 Å². The fraction of sp³-hybridized carbons (Fsp3) is 0.300. The van der Waals surface area contributed by atoms with E-state index in [4.69, 9.17) is 4.74 Å². The van der Waals surface area contributed by atoms with Gasteiger partial charge in [0.05, 0.1) is 16.8 Å². The summed E-state index contributed by atoms with van der Waals surface area (Å²) in [5.41, 5.74) is 4.52. The Hall–Kier alpha value is -2.40. The van der Waals surface area contributed by atoms with Gasteiger partial charge in [0.2, 0.25) is 5.91 Å². The Morgan fingerprint density at radius 2 is 2.04 bits per heavy atom. The van der Waals surface area contributed by atoms with Gasteiger partial charge in [-0.05, 0) is 62.1 Å². The van der Waals surface area contributed by atoms with Crippen molar-refractivity contribution in [3.8, 4) is 5.75 Å². The molecule has 0 radical (unpaired) electrons. The van der Waals surface area contributed by atoms with E-state index in [1.807, 2.05) is 31.2 Å². The summed E-state index contributed by atoms with van der Waals surface area (Å²) in [5, 5.41) is 3.56. The Morgan fingerprint density at radius 3 is 2.84 bits per heavy atom. The van der Waals surface area contributed by atoms with Gasteiger partial charge in [-0.25, -0.2) is 4.98 Å². The number of hydrogen-bond donors (Lipinski definition) is 1. The first kappa shape index (κ1) is 17.4. The average molecular weight is 354 g/mol. The zero-order chi connectivity index (χ0) is 17.8. The maximum Gasteiger partial charge on any atom is 0.226 e. The third kappa shape index (κ3) is 4.37. The van der Waals surface area contributed by atoms with Crippen molar-refractivity contribution in [1.82, 2.24) is 4.98 Å². The summed E-state index contributed by atoms with van der Waals surface area (Å²) >= 11 is 1.51. The minimum Gasteiger partial charge on any atom is -0.494 e. The van der Waals surface area contributed by atoms with Gasteiger partial charge in [0.25, 0.3) is 0 Å². The van der Waals surface area contributed by atoms with Gasteiger partial charge >= 0.3 is 0 Å². The zero-order valence-electron chi connectivity index (χ0n) is 14.8. The summed E-state index contributed by atoms with van der Waals surface area (Å²) < 4.78 is 6.77. The quantitative estimate of drug-likeness (QED) is 0.632. The molecule has 0 spiro atoms. The molecule has 0 atom stereocenters. The molecule has 2 aromatic carbocycles. The fourth-order valence-corrected chi connectivity index (χ4v) is 3.53. The zero-order valence-corrected chi connectivity index (χ0v) is 15.6. The molecule has 4 nitrogen and oxygen atoms in total. The molecule has 1 N–H and O–H groups in total. The smallest absolute Gasteiger partial charge is 0.226 e. The van der Waals surface area contributed by atoms with Crippen LogP contribution >= 0.6 is 11.3 Å². The second kappa shape index (κ2) is 7.66. The van der Waals surface area contributed by atoms with Crippen molar-refractivity contribution < 1.29 is 9.53 Å². The van der Waals surface area contributed by atoms with Crippen molar-refractivity contribution >= 4 is 32.6 Å². The summed E-state index contributed by atoms with van der Waals surface area (Å²) in [4.78, 5) is 16.7. The van der Waals surface area contributed by atoms with Crippen LogP contribution in [0, 0.1) is 20.8 Å². The highest BCUT2D eigenvalue weighted by molar-refractivity contribution is 7.22. The van der Waals surface area contributed by atoms with E-state index in [-0.39, 0.29) is 5.91 Å². The molecule has 3 aromatic rings. The molecule has 130 valence electrons. The first-order chi connectivity index (χ1) is 12.0. The molecule has 0 aliphatic heterocycles. The van der Waals surface area contributed by atoms with Crippen molar-refractivity contribution in [3.63, 3.8) is 0 Å². The van der Waals surface area contributed by atoms with E-state index >= 15 is 0 Å². The van der Waals surface area contributed by atoms with Crippen molar-refractivity contribution in [2.45, 2.75) is 33.6 Å². The number of rotatable bonds is 6. The number of amides is 1. The van der Waals surface area contributed by atoms with E-state index in [0.29, 0.717) is 24.6 Å². The Balaban J connectivity index is 1.50. The largest absolute Gasteiger partial charge is 0.494 e. The number of carbonyl (C=O) groups is 1. The summed E-state index contributed by atoms with van der Waals surface area (Å²) in [6.45, 7) is 6.68. The molecule has 0 saturated carbocycles. The summed E-state index contributed by atoms with van der Waals surface area (Å²) in [7, 11) is 0. The van der Waals surface area contributed by atoms with Gasteiger partial charge in [-0.15, -0.1) is 0 Å². The molecule has 5 heteroatoms. The predicted molar refractivity (Wildman–Crippen MR) is 104 cm³/mol. The van der Waals surface area contributed by atoms with Crippen LogP contribution in [0.3, 0.4) is 0 Å². The number of ether oxygens (including phenoxy) is 1. The fourth-order valence-electron chi connectivity index (χ4n) is 2.59. The van der Waals surface area contributed by atoms with E-state index in [0.717, 1.165) is 21.5 Å². The minimum absolute atomic E-state index is 0.0266. The monoisotopic (exact) mass is 354 g/mol. The van der Waals surface area contributed by atoms with Gasteiger partial charge in [0, 0.05) is 6.42 Å². The second-order valence-corrected chi connectivity index (χ2v) is 7.22. The minimum atomic E-state index is -0.0266. The lowest BCUT2D eigenvalue weighted by molar-refractivity contribution is -0.116. The Labute approximate surface area is 151 Å². The Morgan fingerprint density at radius 1 is 1.20 bits per heavy atom. The molecule has 1 aromatic heterocycles.